The van der Waals surface area contributed by atoms with Crippen molar-refractivity contribution in [1.29, 1.82) is 0 Å². The van der Waals surface area contributed by atoms with Crippen molar-refractivity contribution in [2.24, 2.45) is 0 Å². The summed E-state index contributed by atoms with van der Waals surface area (Å²) in [5, 5.41) is 3.62. The largest absolute Gasteiger partial charge is 0.367 e. The van der Waals surface area contributed by atoms with Crippen LogP contribution in [0.5, 0.6) is 0 Å². The summed E-state index contributed by atoms with van der Waals surface area (Å²) in [6, 6.07) is 10.1. The van der Waals surface area contributed by atoms with E-state index in [9.17, 15) is 0 Å². The molecule has 2 heteroatoms. The van der Waals surface area contributed by atoms with Gasteiger partial charge in [-0.3, -0.25) is 0 Å². The summed E-state index contributed by atoms with van der Waals surface area (Å²) < 4.78 is 0. The Labute approximate surface area is 118 Å². The third-order valence-electron chi connectivity index (χ3n) is 3.97. The van der Waals surface area contributed by atoms with Crippen molar-refractivity contribution in [3.63, 3.8) is 0 Å². The van der Waals surface area contributed by atoms with Crippen LogP contribution in [0.15, 0.2) is 24.3 Å². The number of aryl methyl sites for hydroxylation is 1. The van der Waals surface area contributed by atoms with Gasteiger partial charge in [-0.15, -0.1) is 0 Å². The molecule has 1 aromatic carbocycles. The van der Waals surface area contributed by atoms with Crippen molar-refractivity contribution >= 4 is 5.69 Å². The van der Waals surface area contributed by atoms with Gasteiger partial charge in [-0.25, -0.2) is 0 Å². The second kappa shape index (κ2) is 6.95. The molecule has 1 N–H and O–H groups in total. The first-order valence-corrected chi connectivity index (χ1v) is 7.80. The van der Waals surface area contributed by atoms with Gasteiger partial charge in [0.2, 0.25) is 0 Å². The number of anilines is 1. The fourth-order valence-corrected chi connectivity index (χ4v) is 3.02. The molecule has 1 aliphatic heterocycles. The van der Waals surface area contributed by atoms with E-state index >= 15 is 0 Å². The molecular weight excluding hydrogens is 232 g/mol. The quantitative estimate of drug-likeness (QED) is 0.840. The van der Waals surface area contributed by atoms with Crippen LogP contribution in [-0.2, 0) is 6.42 Å². The molecule has 0 saturated carbocycles. The van der Waals surface area contributed by atoms with Crippen LogP contribution in [0.1, 0.15) is 45.6 Å². The van der Waals surface area contributed by atoms with Gasteiger partial charge in [0, 0.05) is 30.9 Å². The van der Waals surface area contributed by atoms with Gasteiger partial charge in [0.1, 0.15) is 0 Å². The Morgan fingerprint density at radius 3 is 2.79 bits per heavy atom. The maximum Gasteiger partial charge on any atom is 0.0414 e. The van der Waals surface area contributed by atoms with Crippen LogP contribution < -0.4 is 10.2 Å². The molecule has 0 saturated heterocycles. The molecule has 0 aliphatic carbocycles. The van der Waals surface area contributed by atoms with Crippen LogP contribution in [-0.4, -0.2) is 25.2 Å². The highest BCUT2D eigenvalue weighted by Gasteiger charge is 2.23. The van der Waals surface area contributed by atoms with E-state index in [0.29, 0.717) is 12.1 Å². The number of hydrogen-bond donors (Lipinski definition) is 1. The minimum absolute atomic E-state index is 0.569. The molecule has 2 nitrogen and oxygen atoms in total. The predicted octanol–water partition coefficient (Wildman–Crippen LogP) is 3.61. The maximum atomic E-state index is 3.62. The monoisotopic (exact) mass is 260 g/mol. The third-order valence-corrected chi connectivity index (χ3v) is 3.97. The van der Waals surface area contributed by atoms with E-state index in [4.69, 9.17) is 0 Å². The first kappa shape index (κ1) is 14.4. The Kier molecular flexibility index (Phi) is 5.26. The van der Waals surface area contributed by atoms with E-state index in [0.717, 1.165) is 6.54 Å². The van der Waals surface area contributed by atoms with Crippen molar-refractivity contribution in [1.82, 2.24) is 5.32 Å². The summed E-state index contributed by atoms with van der Waals surface area (Å²) in [5.41, 5.74) is 3.00. The van der Waals surface area contributed by atoms with Crippen molar-refractivity contribution < 1.29 is 0 Å². The molecule has 1 aliphatic rings. The minimum Gasteiger partial charge on any atom is -0.367 e. The second-order valence-corrected chi connectivity index (χ2v) is 5.93. The summed E-state index contributed by atoms with van der Waals surface area (Å²) in [5.74, 6) is 0. The Morgan fingerprint density at radius 1 is 1.26 bits per heavy atom. The molecule has 0 radical (unpaired) electrons. The Hall–Kier alpha value is -1.02. The number of para-hydroxylation sites is 1. The zero-order valence-corrected chi connectivity index (χ0v) is 12.7. The average molecular weight is 260 g/mol. The molecule has 0 bridgehead atoms. The molecule has 1 atom stereocenters. The molecule has 19 heavy (non-hydrogen) atoms. The zero-order valence-electron chi connectivity index (χ0n) is 12.7. The van der Waals surface area contributed by atoms with Crippen LogP contribution in [0, 0.1) is 0 Å². The van der Waals surface area contributed by atoms with Gasteiger partial charge >= 0.3 is 0 Å². The number of rotatable bonds is 6. The van der Waals surface area contributed by atoms with E-state index in [-0.39, 0.29) is 0 Å². The molecule has 2 rings (SSSR count). The van der Waals surface area contributed by atoms with Crippen molar-refractivity contribution in [3.8, 4) is 0 Å². The van der Waals surface area contributed by atoms with Crippen LogP contribution in [0.4, 0.5) is 5.69 Å². The highest BCUT2D eigenvalue weighted by molar-refractivity contribution is 5.56. The Bertz CT molecular complexity index is 387. The molecule has 0 aromatic heterocycles. The summed E-state index contributed by atoms with van der Waals surface area (Å²) >= 11 is 0. The van der Waals surface area contributed by atoms with Crippen LogP contribution >= 0.6 is 0 Å². The second-order valence-electron chi connectivity index (χ2n) is 5.93. The molecule has 106 valence electrons. The van der Waals surface area contributed by atoms with Crippen LogP contribution in [0.25, 0.3) is 0 Å². The predicted molar refractivity (Wildman–Crippen MR) is 83.9 cm³/mol. The van der Waals surface area contributed by atoms with Gasteiger partial charge in [0.25, 0.3) is 0 Å². The van der Waals surface area contributed by atoms with E-state index in [1.54, 1.807) is 0 Å². The highest BCUT2D eigenvalue weighted by Crippen LogP contribution is 2.29. The summed E-state index contributed by atoms with van der Waals surface area (Å²) in [7, 11) is 0. The first-order chi connectivity index (χ1) is 9.22. The van der Waals surface area contributed by atoms with Crippen LogP contribution in [0.2, 0.25) is 0 Å². The van der Waals surface area contributed by atoms with E-state index in [1.165, 1.54) is 43.5 Å². The molecular formula is C17H28N2. The van der Waals surface area contributed by atoms with Gasteiger partial charge in [0.15, 0.2) is 0 Å². The Morgan fingerprint density at radius 2 is 2.05 bits per heavy atom. The van der Waals surface area contributed by atoms with Gasteiger partial charge in [0.05, 0.1) is 0 Å². The lowest BCUT2D eigenvalue weighted by atomic mass is 9.98. The normalized spacial score (nSPS) is 16.5. The highest BCUT2D eigenvalue weighted by atomic mass is 15.2. The molecule has 1 unspecified atom stereocenters. The van der Waals surface area contributed by atoms with Crippen molar-refractivity contribution in [2.45, 2.75) is 58.5 Å². The fourth-order valence-electron chi connectivity index (χ4n) is 3.02. The van der Waals surface area contributed by atoms with Gasteiger partial charge in [-0.2, -0.15) is 0 Å². The minimum atomic E-state index is 0.569. The number of hydrogen-bond acceptors (Lipinski definition) is 2. The van der Waals surface area contributed by atoms with Crippen molar-refractivity contribution in [2.75, 3.05) is 18.0 Å². The number of fused-ring (bicyclic) bond motifs is 1. The van der Waals surface area contributed by atoms with E-state index < -0.39 is 0 Å². The zero-order chi connectivity index (χ0) is 13.7. The lowest BCUT2D eigenvalue weighted by Crippen LogP contribution is -2.46. The van der Waals surface area contributed by atoms with E-state index in [1.807, 2.05) is 0 Å². The summed E-state index contributed by atoms with van der Waals surface area (Å²) in [6.07, 6.45) is 5.05. The molecule has 1 aromatic rings. The average Bonchev–Trinajstić information content (AvgIpc) is 2.43. The lowest BCUT2D eigenvalue weighted by molar-refractivity contribution is 0.462. The molecule has 0 spiro atoms. The lowest BCUT2D eigenvalue weighted by Gasteiger charge is -2.38. The standard InChI is InChI=1S/C17H28N2/c1-4-8-16(13-18-14(2)3)19-12-7-10-15-9-5-6-11-17(15)19/h5-6,9,11,14,16,18H,4,7-8,10,12-13H2,1-3H3. The van der Waals surface area contributed by atoms with Gasteiger partial charge < -0.3 is 10.2 Å². The first-order valence-electron chi connectivity index (χ1n) is 7.80. The van der Waals surface area contributed by atoms with Crippen molar-refractivity contribution in [3.05, 3.63) is 29.8 Å². The topological polar surface area (TPSA) is 15.3 Å². The van der Waals surface area contributed by atoms with Crippen LogP contribution in [0.3, 0.4) is 0 Å². The summed E-state index contributed by atoms with van der Waals surface area (Å²) in [6.45, 7) is 9.06. The number of nitrogens with zero attached hydrogens (tertiary/aromatic N) is 1. The van der Waals surface area contributed by atoms with Gasteiger partial charge in [-0.05, 0) is 30.9 Å². The molecule has 1 heterocycles. The van der Waals surface area contributed by atoms with E-state index in [2.05, 4.69) is 55.3 Å². The SMILES string of the molecule is CCCC(CNC(C)C)N1CCCc2ccccc21. The fraction of sp³-hybridized carbons (Fsp3) is 0.647. The molecule has 0 amide bonds. The smallest absolute Gasteiger partial charge is 0.0414 e. The van der Waals surface area contributed by atoms with Gasteiger partial charge in [-0.1, -0.05) is 45.4 Å². The Balaban J connectivity index is 2.13. The number of benzene rings is 1. The maximum absolute atomic E-state index is 3.62. The molecule has 0 fully saturated rings. The number of nitrogens with one attached hydrogen (secondary N) is 1. The summed E-state index contributed by atoms with van der Waals surface area (Å²) in [4.78, 5) is 2.64. The third kappa shape index (κ3) is 3.73.